The van der Waals surface area contributed by atoms with Crippen LogP contribution in [0.3, 0.4) is 0 Å². The zero-order chi connectivity index (χ0) is 14.7. The van der Waals surface area contributed by atoms with Crippen molar-refractivity contribution in [1.29, 1.82) is 5.26 Å². The van der Waals surface area contributed by atoms with Crippen molar-refractivity contribution in [1.82, 2.24) is 0 Å². The van der Waals surface area contributed by atoms with Crippen LogP contribution < -0.4 is 5.32 Å². The third-order valence-electron chi connectivity index (χ3n) is 2.07. The molecule has 0 aliphatic rings. The average Bonchev–Trinajstić information content (AvgIpc) is 2.39. The van der Waals surface area contributed by atoms with Gasteiger partial charge in [0.25, 0.3) is 0 Å². The van der Waals surface area contributed by atoms with E-state index >= 15 is 0 Å². The number of ether oxygens (including phenoxy) is 1. The number of hydrogen-bond donors (Lipinski definition) is 1. The van der Waals surface area contributed by atoms with Gasteiger partial charge < -0.3 is 10.1 Å². The molecule has 0 saturated heterocycles. The fourth-order valence-electron chi connectivity index (χ4n) is 1.27. The van der Waals surface area contributed by atoms with Crippen molar-refractivity contribution < 1.29 is 9.53 Å². The Morgan fingerprint density at radius 1 is 1.37 bits per heavy atom. The molecular formula is C15H22N2O2. The van der Waals surface area contributed by atoms with Gasteiger partial charge in [-0.3, -0.25) is 4.79 Å². The minimum atomic E-state index is -0.125. The van der Waals surface area contributed by atoms with Crippen LogP contribution in [0.1, 0.15) is 39.7 Å². The Labute approximate surface area is 115 Å². The first kappa shape index (κ1) is 17.0. The Morgan fingerprint density at radius 3 is 2.42 bits per heavy atom. The SMILES string of the molecule is CCC(=O)OC(C)C.CCNc1ccccc1C#N. The number of esters is 1. The first-order valence-corrected chi connectivity index (χ1v) is 6.47. The molecule has 0 radical (unpaired) electrons. The maximum Gasteiger partial charge on any atom is 0.305 e. The fraction of sp³-hybridized carbons (Fsp3) is 0.467. The minimum absolute atomic E-state index is 0.0300. The molecule has 0 atom stereocenters. The Bertz CT molecular complexity index is 422. The van der Waals surface area contributed by atoms with E-state index < -0.39 is 0 Å². The number of nitriles is 1. The molecule has 0 spiro atoms. The summed E-state index contributed by atoms with van der Waals surface area (Å²) in [7, 11) is 0. The van der Waals surface area contributed by atoms with E-state index in [1.54, 1.807) is 13.0 Å². The van der Waals surface area contributed by atoms with E-state index in [1.807, 2.05) is 39.0 Å². The van der Waals surface area contributed by atoms with Gasteiger partial charge in [0, 0.05) is 13.0 Å². The summed E-state index contributed by atoms with van der Waals surface area (Å²) < 4.78 is 4.76. The Hall–Kier alpha value is -2.02. The number of carbonyl (C=O) groups is 1. The zero-order valence-corrected chi connectivity index (χ0v) is 12.1. The molecule has 0 amide bonds. The van der Waals surface area contributed by atoms with E-state index in [4.69, 9.17) is 10.00 Å². The lowest BCUT2D eigenvalue weighted by molar-refractivity contribution is -0.146. The van der Waals surface area contributed by atoms with Crippen LogP contribution in [-0.2, 0) is 9.53 Å². The van der Waals surface area contributed by atoms with Crippen molar-refractivity contribution in [2.45, 2.75) is 40.2 Å². The zero-order valence-electron chi connectivity index (χ0n) is 12.1. The van der Waals surface area contributed by atoms with Crippen molar-refractivity contribution in [3.63, 3.8) is 0 Å². The monoisotopic (exact) mass is 262 g/mol. The van der Waals surface area contributed by atoms with Crippen LogP contribution in [0.2, 0.25) is 0 Å². The molecule has 0 unspecified atom stereocenters. The van der Waals surface area contributed by atoms with Gasteiger partial charge in [-0.25, -0.2) is 0 Å². The maximum absolute atomic E-state index is 10.4. The fourth-order valence-corrected chi connectivity index (χ4v) is 1.27. The van der Waals surface area contributed by atoms with Crippen LogP contribution in [0.15, 0.2) is 24.3 Å². The molecular weight excluding hydrogens is 240 g/mol. The van der Waals surface area contributed by atoms with Gasteiger partial charge in [-0.2, -0.15) is 5.26 Å². The molecule has 104 valence electrons. The van der Waals surface area contributed by atoms with Gasteiger partial charge in [0.05, 0.1) is 17.4 Å². The van der Waals surface area contributed by atoms with E-state index in [2.05, 4.69) is 11.4 Å². The van der Waals surface area contributed by atoms with Crippen LogP contribution in [0.5, 0.6) is 0 Å². The van der Waals surface area contributed by atoms with Crippen LogP contribution in [0.4, 0.5) is 5.69 Å². The van der Waals surface area contributed by atoms with Crippen molar-refractivity contribution in [2.24, 2.45) is 0 Å². The number of para-hydroxylation sites is 1. The Morgan fingerprint density at radius 2 is 2.00 bits per heavy atom. The number of nitrogens with zero attached hydrogens (tertiary/aromatic N) is 1. The summed E-state index contributed by atoms with van der Waals surface area (Å²) in [6.07, 6.45) is 0.500. The molecule has 1 rings (SSSR count). The molecule has 1 aromatic carbocycles. The van der Waals surface area contributed by atoms with E-state index in [0.29, 0.717) is 12.0 Å². The summed E-state index contributed by atoms with van der Waals surface area (Å²) in [5, 5.41) is 11.8. The van der Waals surface area contributed by atoms with E-state index in [0.717, 1.165) is 12.2 Å². The molecule has 0 aliphatic heterocycles. The third-order valence-corrected chi connectivity index (χ3v) is 2.07. The second kappa shape index (κ2) is 9.95. The quantitative estimate of drug-likeness (QED) is 0.845. The predicted molar refractivity (Wildman–Crippen MR) is 76.8 cm³/mol. The Balaban J connectivity index is 0.000000362. The van der Waals surface area contributed by atoms with Crippen LogP contribution >= 0.6 is 0 Å². The van der Waals surface area contributed by atoms with E-state index in [9.17, 15) is 4.79 Å². The first-order valence-electron chi connectivity index (χ1n) is 6.47. The summed E-state index contributed by atoms with van der Waals surface area (Å²) in [5.74, 6) is -0.125. The predicted octanol–water partition coefficient (Wildman–Crippen LogP) is 3.34. The highest BCUT2D eigenvalue weighted by Gasteiger charge is 1.99. The molecule has 0 saturated carbocycles. The third kappa shape index (κ3) is 7.82. The van der Waals surface area contributed by atoms with Crippen LogP contribution in [0, 0.1) is 11.3 Å². The number of nitrogens with one attached hydrogen (secondary N) is 1. The second-order valence-electron chi connectivity index (χ2n) is 4.08. The molecule has 1 N–H and O–H groups in total. The van der Waals surface area contributed by atoms with Gasteiger partial charge in [-0.05, 0) is 32.9 Å². The van der Waals surface area contributed by atoms with Gasteiger partial charge in [0.15, 0.2) is 0 Å². The van der Waals surface area contributed by atoms with Gasteiger partial charge in [-0.1, -0.05) is 19.1 Å². The maximum atomic E-state index is 10.4. The second-order valence-corrected chi connectivity index (χ2v) is 4.08. The molecule has 1 aromatic rings. The highest BCUT2D eigenvalue weighted by molar-refractivity contribution is 5.68. The summed E-state index contributed by atoms with van der Waals surface area (Å²) in [4.78, 5) is 10.4. The highest BCUT2D eigenvalue weighted by Crippen LogP contribution is 2.12. The Kier molecular flexibility index (Phi) is 8.90. The van der Waals surface area contributed by atoms with Gasteiger partial charge in [0.1, 0.15) is 6.07 Å². The molecule has 19 heavy (non-hydrogen) atoms. The van der Waals surface area contributed by atoms with Crippen LogP contribution in [0.25, 0.3) is 0 Å². The molecule has 0 aliphatic carbocycles. The average molecular weight is 262 g/mol. The molecule has 4 nitrogen and oxygen atoms in total. The van der Waals surface area contributed by atoms with Crippen LogP contribution in [-0.4, -0.2) is 18.6 Å². The smallest absolute Gasteiger partial charge is 0.305 e. The summed E-state index contributed by atoms with van der Waals surface area (Å²) >= 11 is 0. The summed E-state index contributed by atoms with van der Waals surface area (Å²) in [5.41, 5.74) is 1.62. The van der Waals surface area contributed by atoms with Crippen molar-refractivity contribution in [3.05, 3.63) is 29.8 Å². The number of benzene rings is 1. The topological polar surface area (TPSA) is 62.1 Å². The first-order chi connectivity index (χ1) is 9.04. The van der Waals surface area contributed by atoms with E-state index in [-0.39, 0.29) is 12.1 Å². The lowest BCUT2D eigenvalue weighted by Gasteiger charge is -2.04. The minimum Gasteiger partial charge on any atom is -0.463 e. The highest BCUT2D eigenvalue weighted by atomic mass is 16.5. The van der Waals surface area contributed by atoms with Crippen molar-refractivity contribution in [3.8, 4) is 6.07 Å². The largest absolute Gasteiger partial charge is 0.463 e. The lowest BCUT2D eigenvalue weighted by Crippen LogP contribution is -2.09. The molecule has 0 heterocycles. The lowest BCUT2D eigenvalue weighted by atomic mass is 10.2. The normalized spacial score (nSPS) is 9.05. The molecule has 0 fully saturated rings. The molecule has 4 heteroatoms. The number of hydrogen-bond acceptors (Lipinski definition) is 4. The number of rotatable bonds is 4. The summed E-state index contributed by atoms with van der Waals surface area (Å²) in [6.45, 7) is 8.32. The van der Waals surface area contributed by atoms with Crippen molar-refractivity contribution in [2.75, 3.05) is 11.9 Å². The molecule has 0 aromatic heterocycles. The standard InChI is InChI=1S/C9H10N2.C6H12O2/c1-2-11-9-6-4-3-5-8(9)7-10;1-4-6(7)8-5(2)3/h3-6,11H,2H2,1H3;5H,4H2,1-3H3. The summed E-state index contributed by atoms with van der Waals surface area (Å²) in [6, 6.07) is 9.60. The molecule has 0 bridgehead atoms. The number of carbonyl (C=O) groups excluding carboxylic acids is 1. The van der Waals surface area contributed by atoms with Gasteiger partial charge >= 0.3 is 5.97 Å². The van der Waals surface area contributed by atoms with Crippen molar-refractivity contribution >= 4 is 11.7 Å². The van der Waals surface area contributed by atoms with Gasteiger partial charge in [-0.15, -0.1) is 0 Å². The van der Waals surface area contributed by atoms with E-state index in [1.165, 1.54) is 0 Å². The number of anilines is 1. The van der Waals surface area contributed by atoms with Gasteiger partial charge in [0.2, 0.25) is 0 Å².